The number of hydrogen-bond donors (Lipinski definition) is 1. The molecule has 0 atom stereocenters. The Hall–Kier alpha value is -1.33. The van der Waals surface area contributed by atoms with Gasteiger partial charge in [-0.05, 0) is 18.6 Å². The number of hydrogen-bond acceptors (Lipinski definition) is 3. The Kier molecular flexibility index (Phi) is 4.38. The minimum absolute atomic E-state index is 0.0683. The summed E-state index contributed by atoms with van der Waals surface area (Å²) in [5, 5.41) is 6.23. The van der Waals surface area contributed by atoms with Crippen molar-refractivity contribution in [2.45, 2.75) is 26.4 Å². The van der Waals surface area contributed by atoms with Gasteiger partial charge in [0.1, 0.15) is 0 Å². The van der Waals surface area contributed by atoms with Crippen molar-refractivity contribution in [3.8, 4) is 0 Å². The number of nitrogens with zero attached hydrogens (tertiary/aromatic N) is 1. The molecule has 0 amide bonds. The van der Waals surface area contributed by atoms with Gasteiger partial charge >= 0.3 is 0 Å². The summed E-state index contributed by atoms with van der Waals surface area (Å²) in [7, 11) is 0. The number of aromatic nitrogens is 1. The lowest BCUT2D eigenvalue weighted by molar-refractivity contribution is 0.151. The fraction of sp³-hybridized carbons (Fsp3) is 0.308. The van der Waals surface area contributed by atoms with Gasteiger partial charge in [0, 0.05) is 24.0 Å². The molecular weight excluding hydrogens is 254 g/mol. The van der Waals surface area contributed by atoms with Crippen LogP contribution in [0.15, 0.2) is 29.6 Å². The van der Waals surface area contributed by atoms with Crippen molar-refractivity contribution in [1.82, 2.24) is 10.3 Å². The Morgan fingerprint density at radius 2 is 2.17 bits per heavy atom. The zero-order chi connectivity index (χ0) is 13.0. The van der Waals surface area contributed by atoms with E-state index in [-0.39, 0.29) is 5.56 Å². The van der Waals surface area contributed by atoms with Crippen LogP contribution in [0.4, 0.5) is 8.78 Å². The van der Waals surface area contributed by atoms with E-state index >= 15 is 0 Å². The second-order valence-electron chi connectivity index (χ2n) is 4.01. The Morgan fingerprint density at radius 1 is 1.33 bits per heavy atom. The summed E-state index contributed by atoms with van der Waals surface area (Å²) in [6.45, 7) is 3.18. The van der Waals surface area contributed by atoms with Crippen LogP contribution in [0.25, 0.3) is 0 Å². The molecule has 0 aliphatic carbocycles. The molecular formula is C13H14F2N2S. The van der Waals surface area contributed by atoms with Crippen LogP contribution >= 0.6 is 11.3 Å². The quantitative estimate of drug-likeness (QED) is 0.894. The summed E-state index contributed by atoms with van der Waals surface area (Å²) in [5.74, 6) is 0. The first-order chi connectivity index (χ1) is 8.65. The third-order valence-corrected chi connectivity index (χ3v) is 3.33. The van der Waals surface area contributed by atoms with Gasteiger partial charge in [-0.1, -0.05) is 18.2 Å². The highest BCUT2D eigenvalue weighted by Crippen LogP contribution is 2.19. The largest absolute Gasteiger partial charge is 0.307 e. The summed E-state index contributed by atoms with van der Waals surface area (Å²) in [6.07, 6.45) is -2.41. The first-order valence-corrected chi connectivity index (χ1v) is 6.52. The Bertz CT molecular complexity index is 511. The lowest BCUT2D eigenvalue weighted by Gasteiger charge is -2.05. The van der Waals surface area contributed by atoms with Crippen molar-refractivity contribution in [3.63, 3.8) is 0 Å². The average Bonchev–Trinajstić information content (AvgIpc) is 2.75. The number of benzene rings is 1. The van der Waals surface area contributed by atoms with Crippen LogP contribution < -0.4 is 5.32 Å². The number of halogens is 2. The Labute approximate surface area is 109 Å². The predicted molar refractivity (Wildman–Crippen MR) is 68.8 cm³/mol. The molecule has 0 unspecified atom stereocenters. The maximum Gasteiger partial charge on any atom is 0.263 e. The first-order valence-electron chi connectivity index (χ1n) is 5.64. The summed E-state index contributed by atoms with van der Waals surface area (Å²) < 4.78 is 25.0. The summed E-state index contributed by atoms with van der Waals surface area (Å²) >= 11 is 1.61. The standard InChI is InChI=1S/C13H14F2N2S/c1-9-17-12(8-18-9)7-16-6-10-3-2-4-11(5-10)13(14)15/h2-5,8,13,16H,6-7H2,1H3. The molecule has 0 bridgehead atoms. The van der Waals surface area contributed by atoms with Crippen molar-refractivity contribution in [2.24, 2.45) is 0 Å². The molecule has 0 aliphatic rings. The van der Waals surface area contributed by atoms with Gasteiger partial charge in [-0.2, -0.15) is 0 Å². The molecule has 1 heterocycles. The van der Waals surface area contributed by atoms with Crippen molar-refractivity contribution in [3.05, 3.63) is 51.5 Å². The third kappa shape index (κ3) is 3.58. The molecule has 0 saturated carbocycles. The third-order valence-electron chi connectivity index (χ3n) is 2.50. The molecule has 0 radical (unpaired) electrons. The van der Waals surface area contributed by atoms with Gasteiger partial charge in [-0.3, -0.25) is 0 Å². The first kappa shape index (κ1) is 13.1. The van der Waals surface area contributed by atoms with Crippen molar-refractivity contribution >= 4 is 11.3 Å². The highest BCUT2D eigenvalue weighted by molar-refractivity contribution is 7.09. The summed E-state index contributed by atoms with van der Waals surface area (Å²) in [4.78, 5) is 4.32. The van der Waals surface area contributed by atoms with E-state index in [4.69, 9.17) is 0 Å². The van der Waals surface area contributed by atoms with Crippen LogP contribution in [-0.4, -0.2) is 4.98 Å². The highest BCUT2D eigenvalue weighted by Gasteiger charge is 2.06. The van der Waals surface area contributed by atoms with Crippen molar-refractivity contribution in [2.75, 3.05) is 0 Å². The normalized spacial score (nSPS) is 11.1. The van der Waals surface area contributed by atoms with Gasteiger partial charge in [0.25, 0.3) is 6.43 Å². The number of thiazole rings is 1. The van der Waals surface area contributed by atoms with Crippen LogP contribution in [0.3, 0.4) is 0 Å². The van der Waals surface area contributed by atoms with Crippen LogP contribution in [0.1, 0.15) is 28.3 Å². The lowest BCUT2D eigenvalue weighted by Crippen LogP contribution is -2.13. The predicted octanol–water partition coefficient (Wildman–Crippen LogP) is 3.68. The van der Waals surface area contributed by atoms with Crippen molar-refractivity contribution in [1.29, 1.82) is 0 Å². The Balaban J connectivity index is 1.88. The van der Waals surface area contributed by atoms with Gasteiger partial charge < -0.3 is 5.32 Å². The number of alkyl halides is 2. The minimum atomic E-state index is -2.41. The number of rotatable bonds is 5. The summed E-state index contributed by atoms with van der Waals surface area (Å²) in [6, 6.07) is 6.47. The molecule has 5 heteroatoms. The van der Waals surface area contributed by atoms with E-state index in [0.29, 0.717) is 13.1 Å². The van der Waals surface area contributed by atoms with Crippen LogP contribution in [0, 0.1) is 6.92 Å². The fourth-order valence-electron chi connectivity index (χ4n) is 1.66. The van der Waals surface area contributed by atoms with E-state index in [0.717, 1.165) is 16.3 Å². The molecule has 0 aliphatic heterocycles. The SMILES string of the molecule is Cc1nc(CNCc2cccc(C(F)F)c2)cs1. The monoisotopic (exact) mass is 268 g/mol. The maximum absolute atomic E-state index is 12.5. The lowest BCUT2D eigenvalue weighted by atomic mass is 10.1. The number of nitrogens with one attached hydrogen (secondary N) is 1. The maximum atomic E-state index is 12.5. The van der Waals surface area contributed by atoms with Crippen LogP contribution in [-0.2, 0) is 13.1 Å². The van der Waals surface area contributed by atoms with E-state index in [9.17, 15) is 8.78 Å². The molecule has 2 rings (SSSR count). The zero-order valence-electron chi connectivity index (χ0n) is 9.99. The Morgan fingerprint density at radius 3 is 2.83 bits per heavy atom. The zero-order valence-corrected chi connectivity index (χ0v) is 10.8. The number of aryl methyl sites for hydroxylation is 1. The van der Waals surface area contributed by atoms with E-state index in [2.05, 4.69) is 10.3 Å². The second-order valence-corrected chi connectivity index (χ2v) is 5.07. The molecule has 1 aromatic heterocycles. The van der Waals surface area contributed by atoms with Gasteiger partial charge in [0.05, 0.1) is 10.7 Å². The van der Waals surface area contributed by atoms with Gasteiger partial charge in [0.2, 0.25) is 0 Å². The van der Waals surface area contributed by atoms with E-state index < -0.39 is 6.43 Å². The molecule has 18 heavy (non-hydrogen) atoms. The van der Waals surface area contributed by atoms with Gasteiger partial charge in [-0.15, -0.1) is 11.3 Å². The molecule has 2 nitrogen and oxygen atoms in total. The highest BCUT2D eigenvalue weighted by atomic mass is 32.1. The van der Waals surface area contributed by atoms with Gasteiger partial charge in [0.15, 0.2) is 0 Å². The molecule has 1 N–H and O–H groups in total. The van der Waals surface area contributed by atoms with E-state index in [1.165, 1.54) is 12.1 Å². The molecule has 0 saturated heterocycles. The van der Waals surface area contributed by atoms with Crippen LogP contribution in [0.5, 0.6) is 0 Å². The van der Waals surface area contributed by atoms with E-state index in [1.54, 1.807) is 17.4 Å². The van der Waals surface area contributed by atoms with E-state index in [1.807, 2.05) is 18.4 Å². The molecule has 96 valence electrons. The summed E-state index contributed by atoms with van der Waals surface area (Å²) in [5.41, 5.74) is 1.92. The topological polar surface area (TPSA) is 24.9 Å². The minimum Gasteiger partial charge on any atom is -0.307 e. The second kappa shape index (κ2) is 6.02. The van der Waals surface area contributed by atoms with Crippen molar-refractivity contribution < 1.29 is 8.78 Å². The van der Waals surface area contributed by atoms with Crippen LogP contribution in [0.2, 0.25) is 0 Å². The molecule has 0 fully saturated rings. The average molecular weight is 268 g/mol. The molecule has 1 aromatic carbocycles. The van der Waals surface area contributed by atoms with Gasteiger partial charge in [-0.25, -0.2) is 13.8 Å². The fourth-order valence-corrected chi connectivity index (χ4v) is 2.28. The molecule has 2 aromatic rings. The molecule has 0 spiro atoms. The smallest absolute Gasteiger partial charge is 0.263 e.